The predicted molar refractivity (Wildman–Crippen MR) is 75.2 cm³/mol. The lowest BCUT2D eigenvalue weighted by Crippen LogP contribution is -2.03. The van der Waals surface area contributed by atoms with Crippen LogP contribution in [0.3, 0.4) is 0 Å². The number of allylic oxidation sites excluding steroid dienone is 3. The van der Waals surface area contributed by atoms with E-state index in [1.807, 2.05) is 25.1 Å². The summed E-state index contributed by atoms with van der Waals surface area (Å²) in [5.74, 6) is 0.150. The first-order chi connectivity index (χ1) is 9.22. The number of hydrogen-bond acceptors (Lipinski definition) is 3. The van der Waals surface area contributed by atoms with E-state index >= 15 is 0 Å². The van der Waals surface area contributed by atoms with Crippen LogP contribution in [0.4, 0.5) is 0 Å². The maximum absolute atomic E-state index is 11.6. The summed E-state index contributed by atoms with van der Waals surface area (Å²) < 4.78 is 5.26. The van der Waals surface area contributed by atoms with Crippen molar-refractivity contribution < 1.29 is 14.6 Å². The lowest BCUT2D eigenvalue weighted by Gasteiger charge is -2.07. The number of phenols is 1. The first-order valence-corrected chi connectivity index (χ1v) is 5.94. The van der Waals surface area contributed by atoms with Gasteiger partial charge in [0.05, 0.1) is 0 Å². The van der Waals surface area contributed by atoms with Gasteiger partial charge in [0.1, 0.15) is 11.5 Å². The van der Waals surface area contributed by atoms with Crippen molar-refractivity contribution in [2.75, 3.05) is 0 Å². The Labute approximate surface area is 111 Å². The summed E-state index contributed by atoms with van der Waals surface area (Å²) in [4.78, 5) is 11.6. The molecule has 0 heterocycles. The lowest BCUT2D eigenvalue weighted by molar-refractivity contribution is -0.128. The van der Waals surface area contributed by atoms with E-state index in [1.165, 1.54) is 12.1 Å². The van der Waals surface area contributed by atoms with Crippen LogP contribution in [-0.2, 0) is 4.79 Å². The Morgan fingerprint density at radius 2 is 1.84 bits per heavy atom. The van der Waals surface area contributed by atoms with Gasteiger partial charge in [-0.05, 0) is 19.1 Å². The van der Waals surface area contributed by atoms with Gasteiger partial charge < -0.3 is 9.84 Å². The molecule has 0 aliphatic heterocycles. The number of fused-ring (bicyclic) bond motifs is 1. The van der Waals surface area contributed by atoms with Gasteiger partial charge in [-0.15, -0.1) is 0 Å². The van der Waals surface area contributed by atoms with Gasteiger partial charge in [0.2, 0.25) is 0 Å². The summed E-state index contributed by atoms with van der Waals surface area (Å²) in [6, 6.07) is 10.3. The molecule has 2 aromatic rings. The number of ether oxygens (including phenoxy) is 1. The molecule has 19 heavy (non-hydrogen) atoms. The second-order valence-electron chi connectivity index (χ2n) is 3.93. The third-order valence-electron chi connectivity index (χ3n) is 2.61. The molecule has 3 nitrogen and oxygen atoms in total. The number of benzene rings is 2. The Balaban J connectivity index is 2.31. The lowest BCUT2D eigenvalue weighted by atomic mass is 10.1. The molecule has 0 fully saturated rings. The Bertz CT molecular complexity index is 654. The maximum atomic E-state index is 11.6. The minimum atomic E-state index is -0.450. The normalized spacial score (nSPS) is 11.4. The van der Waals surface area contributed by atoms with Crippen LogP contribution >= 0.6 is 0 Å². The first-order valence-electron chi connectivity index (χ1n) is 5.94. The van der Waals surface area contributed by atoms with E-state index in [1.54, 1.807) is 30.4 Å². The quantitative estimate of drug-likeness (QED) is 0.394. The third-order valence-corrected chi connectivity index (χ3v) is 2.61. The van der Waals surface area contributed by atoms with E-state index in [9.17, 15) is 9.90 Å². The summed E-state index contributed by atoms with van der Waals surface area (Å²) in [5.41, 5.74) is 0. The molecule has 0 spiro atoms. The highest BCUT2D eigenvalue weighted by Crippen LogP contribution is 2.32. The molecule has 0 aliphatic carbocycles. The molecule has 3 heteroatoms. The number of esters is 1. The number of carbonyl (C=O) groups is 1. The van der Waals surface area contributed by atoms with Gasteiger partial charge in [-0.1, -0.05) is 42.5 Å². The molecule has 0 radical (unpaired) electrons. The van der Waals surface area contributed by atoms with E-state index < -0.39 is 5.97 Å². The summed E-state index contributed by atoms with van der Waals surface area (Å²) in [6.07, 6.45) is 6.53. The van der Waals surface area contributed by atoms with Gasteiger partial charge in [-0.2, -0.15) is 0 Å². The molecule has 0 atom stereocenters. The Morgan fingerprint density at radius 1 is 1.11 bits per heavy atom. The van der Waals surface area contributed by atoms with Gasteiger partial charge in [0.25, 0.3) is 0 Å². The molecule has 0 unspecified atom stereocenters. The zero-order valence-electron chi connectivity index (χ0n) is 10.5. The highest BCUT2D eigenvalue weighted by Gasteiger charge is 2.08. The number of aromatic hydroxyl groups is 1. The van der Waals surface area contributed by atoms with Crippen LogP contribution in [0.5, 0.6) is 11.5 Å². The van der Waals surface area contributed by atoms with Crippen LogP contribution in [0.25, 0.3) is 10.8 Å². The van der Waals surface area contributed by atoms with Crippen LogP contribution in [0.2, 0.25) is 0 Å². The summed E-state index contributed by atoms with van der Waals surface area (Å²) >= 11 is 0. The fourth-order valence-corrected chi connectivity index (χ4v) is 1.73. The molecule has 0 saturated heterocycles. The molecular formula is C16H14O3. The molecule has 0 aromatic heterocycles. The van der Waals surface area contributed by atoms with Crippen LogP contribution in [0, 0.1) is 0 Å². The fraction of sp³-hybridized carbons (Fsp3) is 0.0625. The molecule has 0 aliphatic rings. The smallest absolute Gasteiger partial charge is 0.336 e. The van der Waals surface area contributed by atoms with E-state index in [0.29, 0.717) is 16.5 Å². The van der Waals surface area contributed by atoms with E-state index in [4.69, 9.17) is 4.74 Å². The van der Waals surface area contributed by atoms with Crippen LogP contribution < -0.4 is 4.74 Å². The monoisotopic (exact) mass is 254 g/mol. The van der Waals surface area contributed by atoms with E-state index in [-0.39, 0.29) is 5.75 Å². The van der Waals surface area contributed by atoms with Crippen molar-refractivity contribution in [2.24, 2.45) is 0 Å². The summed E-state index contributed by atoms with van der Waals surface area (Å²) in [7, 11) is 0. The molecule has 0 bridgehead atoms. The number of phenolic OH excluding ortho intramolecular Hbond substituents is 1. The van der Waals surface area contributed by atoms with Crippen molar-refractivity contribution in [2.45, 2.75) is 6.92 Å². The first kappa shape index (κ1) is 12.9. The molecule has 96 valence electrons. The zero-order valence-corrected chi connectivity index (χ0v) is 10.5. The highest BCUT2D eigenvalue weighted by atomic mass is 16.5. The highest BCUT2D eigenvalue weighted by molar-refractivity contribution is 5.95. The molecular weight excluding hydrogens is 240 g/mol. The Kier molecular flexibility index (Phi) is 3.98. The van der Waals surface area contributed by atoms with Crippen molar-refractivity contribution in [3.8, 4) is 11.5 Å². The Hall–Kier alpha value is -2.55. The molecule has 0 saturated carbocycles. The van der Waals surface area contributed by atoms with Crippen LogP contribution in [0.1, 0.15) is 6.92 Å². The standard InChI is InChI=1S/C16H14O3/c1-2-3-4-9-16(18)19-15-11-10-14(17)12-7-5-6-8-13(12)15/h2-11,17H,1H3/b3-2+,9-4+. The van der Waals surface area contributed by atoms with Crippen molar-refractivity contribution in [1.82, 2.24) is 0 Å². The second-order valence-corrected chi connectivity index (χ2v) is 3.93. The molecule has 0 amide bonds. The maximum Gasteiger partial charge on any atom is 0.336 e. The molecule has 1 N–H and O–H groups in total. The van der Waals surface area contributed by atoms with Crippen LogP contribution in [0.15, 0.2) is 60.7 Å². The van der Waals surface area contributed by atoms with Gasteiger partial charge in [0.15, 0.2) is 0 Å². The number of hydrogen-bond donors (Lipinski definition) is 1. The molecule has 2 rings (SSSR count). The van der Waals surface area contributed by atoms with E-state index in [0.717, 1.165) is 0 Å². The zero-order chi connectivity index (χ0) is 13.7. The SMILES string of the molecule is C/C=C/C=C/C(=O)Oc1ccc(O)c2ccccc12. The average Bonchev–Trinajstić information content (AvgIpc) is 2.43. The summed E-state index contributed by atoms with van der Waals surface area (Å²) in [6.45, 7) is 1.86. The average molecular weight is 254 g/mol. The van der Waals surface area contributed by atoms with Crippen molar-refractivity contribution in [1.29, 1.82) is 0 Å². The summed E-state index contributed by atoms with van der Waals surface area (Å²) in [5, 5.41) is 11.1. The molecule has 2 aromatic carbocycles. The van der Waals surface area contributed by atoms with Gasteiger partial charge in [-0.3, -0.25) is 0 Å². The van der Waals surface area contributed by atoms with Crippen molar-refractivity contribution in [3.05, 3.63) is 60.7 Å². The number of rotatable bonds is 3. The second kappa shape index (κ2) is 5.87. The topological polar surface area (TPSA) is 46.5 Å². The van der Waals surface area contributed by atoms with Crippen LogP contribution in [-0.4, -0.2) is 11.1 Å². The fourth-order valence-electron chi connectivity index (χ4n) is 1.73. The minimum absolute atomic E-state index is 0.167. The minimum Gasteiger partial charge on any atom is -0.507 e. The predicted octanol–water partition coefficient (Wildman–Crippen LogP) is 3.58. The Morgan fingerprint density at radius 3 is 2.58 bits per heavy atom. The van der Waals surface area contributed by atoms with Gasteiger partial charge in [0, 0.05) is 16.8 Å². The van der Waals surface area contributed by atoms with E-state index in [2.05, 4.69) is 0 Å². The number of carbonyl (C=O) groups excluding carboxylic acids is 1. The third kappa shape index (κ3) is 3.01. The largest absolute Gasteiger partial charge is 0.507 e. The van der Waals surface area contributed by atoms with Crippen molar-refractivity contribution >= 4 is 16.7 Å². The van der Waals surface area contributed by atoms with Gasteiger partial charge in [-0.25, -0.2) is 4.79 Å². The van der Waals surface area contributed by atoms with Gasteiger partial charge >= 0.3 is 5.97 Å². The van der Waals surface area contributed by atoms with Crippen molar-refractivity contribution in [3.63, 3.8) is 0 Å².